The predicted octanol–water partition coefficient (Wildman–Crippen LogP) is 0.675. The standard InChI is InChI=1S/C28H31NO10/c1-12-10-14-15(11-13(12)2)39-23-19(27(34)38-9)17(25(32)36-7)16(24(31)35-6)18(26(33)37-8)21(20(23)22(14)30)29-28(3,4)5/h10-11,17,29H,1-9H3. The van der Waals surface area contributed by atoms with Crippen LogP contribution in [0.3, 0.4) is 0 Å². The highest BCUT2D eigenvalue weighted by Crippen LogP contribution is 2.32. The minimum atomic E-state index is -1.88. The molecule has 3 rings (SSSR count). The lowest BCUT2D eigenvalue weighted by atomic mass is 9.87. The van der Waals surface area contributed by atoms with Crippen LogP contribution in [0.4, 0.5) is 0 Å². The van der Waals surface area contributed by atoms with Gasteiger partial charge in [0, 0.05) is 5.54 Å². The smallest absolute Gasteiger partial charge is 0.340 e. The molecule has 0 amide bonds. The van der Waals surface area contributed by atoms with Crippen LogP contribution in [0.25, 0.3) is 22.2 Å². The molecule has 1 heterocycles. The van der Waals surface area contributed by atoms with Crippen molar-refractivity contribution in [1.82, 2.24) is 5.32 Å². The van der Waals surface area contributed by atoms with Crippen molar-refractivity contribution in [3.8, 4) is 0 Å². The summed E-state index contributed by atoms with van der Waals surface area (Å²) in [6.07, 6.45) is 0. The number of fused-ring (bicyclic) bond motifs is 2. The molecule has 2 aromatic rings. The second-order valence-corrected chi connectivity index (χ2v) is 9.95. The van der Waals surface area contributed by atoms with Gasteiger partial charge in [0.05, 0.1) is 61.5 Å². The normalized spacial score (nSPS) is 15.4. The first kappa shape index (κ1) is 29.2. The van der Waals surface area contributed by atoms with Crippen LogP contribution < -0.4 is 21.4 Å². The summed E-state index contributed by atoms with van der Waals surface area (Å²) in [5.41, 5.74) is -1.91. The van der Waals surface area contributed by atoms with Crippen molar-refractivity contribution in [2.24, 2.45) is 5.92 Å². The van der Waals surface area contributed by atoms with Gasteiger partial charge < -0.3 is 28.7 Å². The van der Waals surface area contributed by atoms with Crippen molar-refractivity contribution in [3.63, 3.8) is 0 Å². The molecule has 0 saturated heterocycles. The summed E-state index contributed by atoms with van der Waals surface area (Å²) in [6.45, 7) is 8.86. The van der Waals surface area contributed by atoms with E-state index in [1.165, 1.54) is 0 Å². The van der Waals surface area contributed by atoms with Crippen LogP contribution in [0, 0.1) is 19.8 Å². The monoisotopic (exact) mass is 541 g/mol. The average Bonchev–Trinajstić information content (AvgIpc) is 3.00. The lowest BCUT2D eigenvalue weighted by Crippen LogP contribution is -2.49. The average molecular weight is 542 g/mol. The maximum absolute atomic E-state index is 14.2. The van der Waals surface area contributed by atoms with E-state index < -0.39 is 57.5 Å². The Morgan fingerprint density at radius 1 is 0.821 bits per heavy atom. The van der Waals surface area contributed by atoms with Crippen LogP contribution in [0.1, 0.15) is 31.9 Å². The number of hydrogen-bond acceptors (Lipinski definition) is 11. The van der Waals surface area contributed by atoms with Gasteiger partial charge in [-0.1, -0.05) is 0 Å². The first-order valence-corrected chi connectivity index (χ1v) is 11.9. The Bertz CT molecular complexity index is 1620. The fourth-order valence-corrected chi connectivity index (χ4v) is 4.36. The Balaban J connectivity index is 2.92. The van der Waals surface area contributed by atoms with Crippen LogP contribution in [-0.4, -0.2) is 57.9 Å². The third-order valence-corrected chi connectivity index (χ3v) is 6.24. The third-order valence-electron chi connectivity index (χ3n) is 6.24. The van der Waals surface area contributed by atoms with E-state index in [0.29, 0.717) is 0 Å². The van der Waals surface area contributed by atoms with Crippen molar-refractivity contribution in [2.75, 3.05) is 28.4 Å². The molecule has 1 unspecified atom stereocenters. The number of aryl methyl sites for hydroxylation is 2. The number of esters is 4. The third kappa shape index (κ3) is 5.16. The molecule has 39 heavy (non-hydrogen) atoms. The molecule has 1 aromatic carbocycles. The van der Waals surface area contributed by atoms with Gasteiger partial charge in [-0.3, -0.25) is 9.59 Å². The Hall–Kier alpha value is -4.41. The molecule has 1 aliphatic rings. The van der Waals surface area contributed by atoms with Gasteiger partial charge in [-0.2, -0.15) is 0 Å². The van der Waals surface area contributed by atoms with Crippen molar-refractivity contribution in [1.29, 1.82) is 0 Å². The minimum absolute atomic E-state index is 0.114. The van der Waals surface area contributed by atoms with E-state index in [9.17, 15) is 24.0 Å². The van der Waals surface area contributed by atoms with E-state index in [4.69, 9.17) is 23.4 Å². The van der Waals surface area contributed by atoms with Crippen LogP contribution in [0.15, 0.2) is 32.5 Å². The minimum Gasteiger partial charge on any atom is -0.468 e. The van der Waals surface area contributed by atoms with Crippen molar-refractivity contribution in [3.05, 3.63) is 55.3 Å². The fourth-order valence-electron chi connectivity index (χ4n) is 4.36. The molecule has 1 atom stereocenters. The summed E-state index contributed by atoms with van der Waals surface area (Å²) in [4.78, 5) is 67.5. The highest BCUT2D eigenvalue weighted by Gasteiger charge is 2.45. The summed E-state index contributed by atoms with van der Waals surface area (Å²) in [5.74, 6) is -6.30. The number of rotatable bonds is 5. The second kappa shape index (κ2) is 10.8. The van der Waals surface area contributed by atoms with E-state index in [1.807, 2.05) is 13.8 Å². The maximum Gasteiger partial charge on any atom is 0.340 e. The van der Waals surface area contributed by atoms with Gasteiger partial charge in [0.15, 0.2) is 5.42 Å². The molecule has 1 aliphatic carbocycles. The number of carbonyl (C=O) groups excluding carboxylic acids is 4. The molecular weight excluding hydrogens is 510 g/mol. The van der Waals surface area contributed by atoms with Gasteiger partial charge in [-0.05, 0) is 57.9 Å². The number of methoxy groups -OCH3 is 4. The molecule has 0 aliphatic heterocycles. The van der Waals surface area contributed by atoms with Crippen molar-refractivity contribution < 1.29 is 42.5 Å². The zero-order valence-corrected chi connectivity index (χ0v) is 23.3. The Morgan fingerprint density at radius 3 is 1.87 bits per heavy atom. The molecule has 0 fully saturated rings. The van der Waals surface area contributed by atoms with Gasteiger partial charge in [0.25, 0.3) is 0 Å². The van der Waals surface area contributed by atoms with Gasteiger partial charge >= 0.3 is 23.9 Å². The summed E-state index contributed by atoms with van der Waals surface area (Å²) in [7, 11) is 4.20. The van der Waals surface area contributed by atoms with E-state index in [0.717, 1.165) is 39.6 Å². The highest BCUT2D eigenvalue weighted by atomic mass is 16.5. The Morgan fingerprint density at radius 2 is 1.36 bits per heavy atom. The summed E-state index contributed by atoms with van der Waals surface area (Å²) in [6, 6.07) is 3.24. The zero-order valence-electron chi connectivity index (χ0n) is 23.3. The molecule has 0 radical (unpaired) electrons. The molecule has 0 spiro atoms. The number of hydrogen-bond donors (Lipinski definition) is 1. The molecule has 1 aromatic heterocycles. The molecule has 11 heteroatoms. The first-order valence-electron chi connectivity index (χ1n) is 11.9. The van der Waals surface area contributed by atoms with Crippen LogP contribution in [-0.2, 0) is 38.1 Å². The SMILES string of the molecule is COC(=O)C1=C(C(=O)OC)C(C(=O)OC)C(C(=O)OC)=c2oc3cc(C)c(C)cc3c(=O)c2=C1NC(C)(C)C. The first-order chi connectivity index (χ1) is 18.2. The number of benzene rings is 1. The second-order valence-electron chi connectivity index (χ2n) is 9.95. The van der Waals surface area contributed by atoms with E-state index in [-0.39, 0.29) is 27.3 Å². The summed E-state index contributed by atoms with van der Waals surface area (Å²) < 4.78 is 26.0. The molecular formula is C28H31NO10. The van der Waals surface area contributed by atoms with Crippen molar-refractivity contribution in [2.45, 2.75) is 40.2 Å². The lowest BCUT2D eigenvalue weighted by Gasteiger charge is -2.26. The Labute approximate surface area is 224 Å². The van der Waals surface area contributed by atoms with Crippen LogP contribution >= 0.6 is 0 Å². The molecule has 11 nitrogen and oxygen atoms in total. The van der Waals surface area contributed by atoms with E-state index in [1.54, 1.807) is 32.9 Å². The van der Waals surface area contributed by atoms with Gasteiger partial charge in [0.2, 0.25) is 5.43 Å². The maximum atomic E-state index is 14.2. The topological polar surface area (TPSA) is 147 Å². The van der Waals surface area contributed by atoms with Gasteiger partial charge in [0.1, 0.15) is 11.5 Å². The number of ether oxygens (including phenoxy) is 4. The summed E-state index contributed by atoms with van der Waals surface area (Å²) >= 11 is 0. The fraction of sp³-hybridized carbons (Fsp3) is 0.393. The van der Waals surface area contributed by atoms with Crippen molar-refractivity contribution >= 4 is 46.1 Å². The van der Waals surface area contributed by atoms with E-state index >= 15 is 0 Å². The molecule has 208 valence electrons. The van der Waals surface area contributed by atoms with Crippen LogP contribution in [0.5, 0.6) is 0 Å². The number of nitrogens with one attached hydrogen (secondary N) is 1. The highest BCUT2D eigenvalue weighted by molar-refractivity contribution is 6.22. The summed E-state index contributed by atoms with van der Waals surface area (Å²) in [5, 5.41) is 2.97. The largest absolute Gasteiger partial charge is 0.468 e. The zero-order chi connectivity index (χ0) is 29.4. The molecule has 0 bridgehead atoms. The Kier molecular flexibility index (Phi) is 8.04. The van der Waals surface area contributed by atoms with E-state index in [2.05, 4.69) is 5.32 Å². The molecule has 0 saturated carbocycles. The van der Waals surface area contributed by atoms with Crippen LogP contribution in [0.2, 0.25) is 0 Å². The number of carbonyl (C=O) groups is 4. The quantitative estimate of drug-likeness (QED) is 0.421. The van der Waals surface area contributed by atoms with Gasteiger partial charge in [-0.15, -0.1) is 0 Å². The lowest BCUT2D eigenvalue weighted by molar-refractivity contribution is -0.147. The predicted molar refractivity (Wildman–Crippen MR) is 139 cm³/mol. The molecule has 1 N–H and O–H groups in total. The van der Waals surface area contributed by atoms with Gasteiger partial charge in [-0.25, -0.2) is 14.4 Å².